The summed E-state index contributed by atoms with van der Waals surface area (Å²) in [6, 6.07) is 7.93. The van der Waals surface area contributed by atoms with Crippen LogP contribution in [-0.4, -0.2) is 37.7 Å². The van der Waals surface area contributed by atoms with Crippen LogP contribution in [0.15, 0.2) is 29.3 Å². The number of hydrogen-bond acceptors (Lipinski definition) is 3. The van der Waals surface area contributed by atoms with Crippen molar-refractivity contribution in [3.8, 4) is 0 Å². The van der Waals surface area contributed by atoms with E-state index >= 15 is 0 Å². The van der Waals surface area contributed by atoms with Crippen LogP contribution in [-0.2, 0) is 4.74 Å². The Morgan fingerprint density at radius 2 is 2.10 bits per heavy atom. The summed E-state index contributed by atoms with van der Waals surface area (Å²) >= 11 is 5.91. The number of guanidine groups is 1. The van der Waals surface area contributed by atoms with Gasteiger partial charge >= 0.3 is 0 Å². The molecule has 0 saturated carbocycles. The number of halogens is 1. The summed E-state index contributed by atoms with van der Waals surface area (Å²) in [4.78, 5) is 6.48. The molecule has 6 heteroatoms. The maximum absolute atomic E-state index is 5.91. The number of ether oxygens (including phenoxy) is 1. The summed E-state index contributed by atoms with van der Waals surface area (Å²) in [6.07, 6.45) is 0.877. The Balaban J connectivity index is 2.62. The Morgan fingerprint density at radius 3 is 2.67 bits per heavy atom. The molecule has 3 N–H and O–H groups in total. The van der Waals surface area contributed by atoms with Crippen molar-refractivity contribution in [3.63, 3.8) is 0 Å². The predicted octanol–water partition coefficient (Wildman–Crippen LogP) is 2.58. The molecule has 0 aliphatic carbocycles. The van der Waals surface area contributed by atoms with Crippen LogP contribution < -0.4 is 11.3 Å². The zero-order valence-corrected chi connectivity index (χ0v) is 13.7. The first-order valence-electron chi connectivity index (χ1n) is 7.17. The van der Waals surface area contributed by atoms with Crippen LogP contribution in [0.2, 0.25) is 5.02 Å². The van der Waals surface area contributed by atoms with Crippen LogP contribution >= 0.6 is 11.6 Å². The van der Waals surface area contributed by atoms with Crippen molar-refractivity contribution in [1.29, 1.82) is 0 Å². The second-order valence-corrected chi connectivity index (χ2v) is 5.18. The van der Waals surface area contributed by atoms with Gasteiger partial charge < -0.3 is 9.64 Å². The van der Waals surface area contributed by atoms with Gasteiger partial charge in [0.05, 0.1) is 6.04 Å². The van der Waals surface area contributed by atoms with E-state index in [1.54, 1.807) is 0 Å². The Morgan fingerprint density at radius 1 is 1.43 bits per heavy atom. The van der Waals surface area contributed by atoms with Gasteiger partial charge in [-0.3, -0.25) is 10.4 Å². The van der Waals surface area contributed by atoms with Crippen LogP contribution in [0, 0.1) is 0 Å². The lowest BCUT2D eigenvalue weighted by molar-refractivity contribution is 0.146. The number of hydrazine groups is 1. The minimum atomic E-state index is 0.143. The van der Waals surface area contributed by atoms with Gasteiger partial charge in [0.15, 0.2) is 0 Å². The van der Waals surface area contributed by atoms with E-state index in [0.717, 1.165) is 23.6 Å². The van der Waals surface area contributed by atoms with Crippen LogP contribution in [0.5, 0.6) is 0 Å². The molecule has 0 bridgehead atoms. The van der Waals surface area contributed by atoms with Crippen LogP contribution in [0.25, 0.3) is 0 Å². The molecule has 1 aromatic carbocycles. The quantitative estimate of drug-likeness (QED) is 0.267. The molecule has 0 aliphatic heterocycles. The smallest absolute Gasteiger partial charge is 0.208 e. The van der Waals surface area contributed by atoms with Crippen molar-refractivity contribution in [2.24, 2.45) is 10.8 Å². The van der Waals surface area contributed by atoms with E-state index in [1.807, 2.05) is 43.1 Å². The first-order valence-corrected chi connectivity index (χ1v) is 7.55. The molecule has 0 aromatic heterocycles. The van der Waals surface area contributed by atoms with Crippen molar-refractivity contribution in [1.82, 2.24) is 10.3 Å². The van der Waals surface area contributed by atoms with Crippen LogP contribution in [0.1, 0.15) is 31.9 Å². The maximum atomic E-state index is 5.91. The minimum Gasteiger partial charge on any atom is -0.382 e. The number of benzene rings is 1. The molecule has 118 valence electrons. The van der Waals surface area contributed by atoms with E-state index < -0.39 is 0 Å². The molecular formula is C15H25ClN4O. The Labute approximate surface area is 132 Å². The van der Waals surface area contributed by atoms with Gasteiger partial charge in [0.1, 0.15) is 0 Å². The predicted molar refractivity (Wildman–Crippen MR) is 88.4 cm³/mol. The number of aliphatic imine (C=N–C) groups is 1. The number of nitrogens with one attached hydrogen (secondary N) is 1. The molecule has 0 aliphatic rings. The summed E-state index contributed by atoms with van der Waals surface area (Å²) in [5.74, 6) is 6.24. The van der Waals surface area contributed by atoms with E-state index in [4.69, 9.17) is 22.2 Å². The molecule has 0 radical (unpaired) electrons. The summed E-state index contributed by atoms with van der Waals surface area (Å²) in [5.41, 5.74) is 3.82. The van der Waals surface area contributed by atoms with Gasteiger partial charge in [-0.2, -0.15) is 0 Å². The summed E-state index contributed by atoms with van der Waals surface area (Å²) in [6.45, 7) is 6.21. The van der Waals surface area contributed by atoms with E-state index in [1.165, 1.54) is 0 Å². The fraction of sp³-hybridized carbons (Fsp3) is 0.533. The Kier molecular flexibility index (Phi) is 8.12. The average molecular weight is 313 g/mol. The van der Waals surface area contributed by atoms with E-state index in [0.29, 0.717) is 19.1 Å². The van der Waals surface area contributed by atoms with Crippen LogP contribution in [0.4, 0.5) is 0 Å². The van der Waals surface area contributed by atoms with E-state index in [2.05, 4.69) is 17.3 Å². The zero-order valence-electron chi connectivity index (χ0n) is 13.0. The summed E-state index contributed by atoms with van der Waals surface area (Å²) in [7, 11) is 1.96. The summed E-state index contributed by atoms with van der Waals surface area (Å²) < 4.78 is 5.29. The third-order valence-electron chi connectivity index (χ3n) is 3.31. The number of hydrogen-bond donors (Lipinski definition) is 2. The van der Waals surface area contributed by atoms with Gasteiger partial charge in [0, 0.05) is 31.8 Å². The molecule has 1 unspecified atom stereocenters. The molecule has 0 amide bonds. The molecule has 1 aromatic rings. The van der Waals surface area contributed by atoms with E-state index in [-0.39, 0.29) is 6.04 Å². The molecule has 21 heavy (non-hydrogen) atoms. The van der Waals surface area contributed by atoms with E-state index in [9.17, 15) is 0 Å². The highest BCUT2D eigenvalue weighted by molar-refractivity contribution is 6.30. The zero-order chi connectivity index (χ0) is 15.7. The molecule has 0 saturated heterocycles. The molecule has 1 atom stereocenters. The lowest BCUT2D eigenvalue weighted by Gasteiger charge is -2.28. The topological polar surface area (TPSA) is 62.9 Å². The third-order valence-corrected chi connectivity index (χ3v) is 3.56. The van der Waals surface area contributed by atoms with Crippen molar-refractivity contribution >= 4 is 17.6 Å². The highest BCUT2D eigenvalue weighted by atomic mass is 35.5. The second kappa shape index (κ2) is 9.60. The molecular weight excluding hydrogens is 288 g/mol. The fourth-order valence-electron chi connectivity index (χ4n) is 1.90. The Bertz CT molecular complexity index is 436. The first-order chi connectivity index (χ1) is 10.1. The fourth-order valence-corrected chi connectivity index (χ4v) is 2.03. The van der Waals surface area contributed by atoms with Crippen LogP contribution in [0.3, 0.4) is 0 Å². The third kappa shape index (κ3) is 5.91. The number of rotatable bonds is 7. The second-order valence-electron chi connectivity index (χ2n) is 4.74. The molecule has 0 fully saturated rings. The van der Waals surface area contributed by atoms with Crippen molar-refractivity contribution in [3.05, 3.63) is 34.9 Å². The normalized spacial score (nSPS) is 13.1. The van der Waals surface area contributed by atoms with Gasteiger partial charge in [0.2, 0.25) is 5.96 Å². The van der Waals surface area contributed by atoms with Crippen molar-refractivity contribution in [2.75, 3.05) is 26.8 Å². The highest BCUT2D eigenvalue weighted by Crippen LogP contribution is 2.20. The van der Waals surface area contributed by atoms with Gasteiger partial charge in [-0.25, -0.2) is 5.84 Å². The molecule has 0 spiro atoms. The highest BCUT2D eigenvalue weighted by Gasteiger charge is 2.14. The lowest BCUT2D eigenvalue weighted by Crippen LogP contribution is -2.44. The minimum absolute atomic E-state index is 0.143. The standard InChI is InChI=1S/C15H25ClN4O/c1-4-21-11-5-10-18-15(19-17)20(3)12(2)13-6-8-14(16)9-7-13/h6-9,12H,4-5,10-11,17H2,1-3H3,(H,18,19). The first kappa shape index (κ1) is 17.8. The molecule has 0 heterocycles. The van der Waals surface area contributed by atoms with Gasteiger partial charge in [-0.15, -0.1) is 0 Å². The van der Waals surface area contributed by atoms with Crippen molar-refractivity contribution in [2.45, 2.75) is 26.3 Å². The van der Waals surface area contributed by atoms with Gasteiger partial charge in [0.25, 0.3) is 0 Å². The average Bonchev–Trinajstić information content (AvgIpc) is 2.50. The lowest BCUT2D eigenvalue weighted by atomic mass is 10.1. The Hall–Kier alpha value is -1.30. The SMILES string of the molecule is CCOCCCN=C(NN)N(C)C(C)c1ccc(Cl)cc1. The van der Waals surface area contributed by atoms with Gasteiger partial charge in [-0.1, -0.05) is 23.7 Å². The van der Waals surface area contributed by atoms with Crippen molar-refractivity contribution < 1.29 is 4.74 Å². The van der Waals surface area contributed by atoms with Gasteiger partial charge in [-0.05, 0) is 38.0 Å². The molecule has 5 nitrogen and oxygen atoms in total. The number of nitrogens with zero attached hydrogens (tertiary/aromatic N) is 2. The largest absolute Gasteiger partial charge is 0.382 e. The maximum Gasteiger partial charge on any atom is 0.208 e. The molecule has 1 rings (SSSR count). The number of nitrogens with two attached hydrogens (primary N) is 1. The summed E-state index contributed by atoms with van der Waals surface area (Å²) in [5, 5.41) is 0.732. The monoisotopic (exact) mass is 312 g/mol.